The average Bonchev–Trinajstić information content (AvgIpc) is 3.12. The highest BCUT2D eigenvalue weighted by atomic mass is 32.2. The first kappa shape index (κ1) is 19.3. The van der Waals surface area contributed by atoms with Crippen molar-refractivity contribution >= 4 is 21.6 Å². The lowest BCUT2D eigenvalue weighted by Gasteiger charge is -2.30. The van der Waals surface area contributed by atoms with Crippen LogP contribution in [-0.4, -0.2) is 75.8 Å². The van der Waals surface area contributed by atoms with E-state index in [0.29, 0.717) is 6.54 Å². The lowest BCUT2D eigenvalue weighted by Crippen LogP contribution is -2.50. The molecule has 1 aliphatic rings. The van der Waals surface area contributed by atoms with E-state index >= 15 is 0 Å². The number of nitrogens with zero attached hydrogens (tertiary/aromatic N) is 4. The van der Waals surface area contributed by atoms with Gasteiger partial charge in [-0.05, 0) is 37.6 Å². The number of aromatic nitrogens is 2. The molecule has 2 aromatic rings. The second-order valence-electron chi connectivity index (χ2n) is 6.68. The molecule has 1 saturated heterocycles. The SMILES string of the molecule is Cc1nnsc1CN(C)C[C@]1(O)CN(S(=O)(=O)c2ccccc2)C[C@H]1O. The number of hydrogen-bond acceptors (Lipinski definition) is 8. The van der Waals surface area contributed by atoms with E-state index in [1.54, 1.807) is 25.2 Å². The summed E-state index contributed by atoms with van der Waals surface area (Å²) in [4.78, 5) is 2.96. The quantitative estimate of drug-likeness (QED) is 0.709. The van der Waals surface area contributed by atoms with Gasteiger partial charge in [0.15, 0.2) is 0 Å². The van der Waals surface area contributed by atoms with Crippen LogP contribution in [0.25, 0.3) is 0 Å². The minimum Gasteiger partial charge on any atom is -0.389 e. The Hall–Kier alpha value is -1.43. The smallest absolute Gasteiger partial charge is 0.243 e. The van der Waals surface area contributed by atoms with E-state index < -0.39 is 21.7 Å². The molecule has 0 aliphatic carbocycles. The number of aryl methyl sites for hydroxylation is 1. The molecular weight excluding hydrogens is 376 g/mol. The van der Waals surface area contributed by atoms with Gasteiger partial charge < -0.3 is 10.2 Å². The Morgan fingerprint density at radius 3 is 2.69 bits per heavy atom. The van der Waals surface area contributed by atoms with Gasteiger partial charge in [0.05, 0.1) is 21.6 Å². The number of likely N-dealkylation sites (N-methyl/N-ethyl adjacent to an activating group) is 1. The predicted molar refractivity (Wildman–Crippen MR) is 97.1 cm³/mol. The molecule has 2 N–H and O–H groups in total. The number of sulfonamides is 1. The molecule has 142 valence electrons. The Morgan fingerprint density at radius 1 is 1.38 bits per heavy atom. The minimum atomic E-state index is -3.76. The zero-order valence-electron chi connectivity index (χ0n) is 14.6. The van der Waals surface area contributed by atoms with Gasteiger partial charge in [0.25, 0.3) is 0 Å². The molecule has 0 saturated carbocycles. The van der Waals surface area contributed by atoms with Crippen LogP contribution < -0.4 is 0 Å². The Kier molecular flexibility index (Phi) is 5.42. The third-order valence-electron chi connectivity index (χ3n) is 4.53. The minimum absolute atomic E-state index is 0.131. The van der Waals surface area contributed by atoms with Crippen LogP contribution in [0.5, 0.6) is 0 Å². The van der Waals surface area contributed by atoms with Gasteiger partial charge in [-0.1, -0.05) is 22.7 Å². The molecule has 2 atom stereocenters. The predicted octanol–water partition coefficient (Wildman–Crippen LogP) is 0.0748. The fraction of sp³-hybridized carbons (Fsp3) is 0.500. The van der Waals surface area contributed by atoms with Gasteiger partial charge in [-0.2, -0.15) is 4.31 Å². The van der Waals surface area contributed by atoms with Crippen LogP contribution in [0.2, 0.25) is 0 Å². The number of rotatable bonds is 6. The highest BCUT2D eigenvalue weighted by Gasteiger charge is 2.49. The van der Waals surface area contributed by atoms with Crippen LogP contribution in [0.3, 0.4) is 0 Å². The highest BCUT2D eigenvalue weighted by molar-refractivity contribution is 7.89. The van der Waals surface area contributed by atoms with Crippen molar-refractivity contribution in [2.24, 2.45) is 0 Å². The molecule has 0 unspecified atom stereocenters. The highest BCUT2D eigenvalue weighted by Crippen LogP contribution is 2.28. The third kappa shape index (κ3) is 3.80. The molecule has 0 spiro atoms. The van der Waals surface area contributed by atoms with Crippen molar-refractivity contribution in [2.45, 2.75) is 30.1 Å². The fourth-order valence-electron chi connectivity index (χ4n) is 3.08. The van der Waals surface area contributed by atoms with E-state index in [1.165, 1.54) is 23.7 Å². The lowest BCUT2D eigenvalue weighted by molar-refractivity contribution is -0.0582. The maximum atomic E-state index is 12.7. The van der Waals surface area contributed by atoms with Crippen molar-refractivity contribution < 1.29 is 18.6 Å². The van der Waals surface area contributed by atoms with Gasteiger partial charge in [-0.25, -0.2) is 8.42 Å². The summed E-state index contributed by atoms with van der Waals surface area (Å²) in [6, 6.07) is 8.03. The van der Waals surface area contributed by atoms with E-state index in [-0.39, 0.29) is 24.5 Å². The zero-order chi connectivity index (χ0) is 18.9. The summed E-state index contributed by atoms with van der Waals surface area (Å²) in [5.74, 6) is 0. The van der Waals surface area contributed by atoms with Crippen molar-refractivity contribution in [2.75, 3.05) is 26.7 Å². The van der Waals surface area contributed by atoms with Gasteiger partial charge in [0.1, 0.15) is 5.60 Å². The molecule has 8 nitrogen and oxygen atoms in total. The van der Waals surface area contributed by atoms with Crippen LogP contribution in [0.1, 0.15) is 10.6 Å². The number of aliphatic hydroxyl groups excluding tert-OH is 1. The van der Waals surface area contributed by atoms with Crippen LogP contribution in [0.4, 0.5) is 0 Å². The topological polar surface area (TPSA) is 107 Å². The van der Waals surface area contributed by atoms with Crippen molar-refractivity contribution in [3.8, 4) is 0 Å². The van der Waals surface area contributed by atoms with Crippen molar-refractivity contribution in [3.63, 3.8) is 0 Å². The molecule has 26 heavy (non-hydrogen) atoms. The molecule has 0 bridgehead atoms. The summed E-state index contributed by atoms with van der Waals surface area (Å²) < 4.78 is 30.5. The molecule has 1 fully saturated rings. The van der Waals surface area contributed by atoms with Crippen molar-refractivity contribution in [1.29, 1.82) is 0 Å². The summed E-state index contributed by atoms with van der Waals surface area (Å²) in [6.45, 7) is 2.22. The Balaban J connectivity index is 1.72. The molecule has 0 radical (unpaired) electrons. The Labute approximate surface area is 156 Å². The summed E-state index contributed by atoms with van der Waals surface area (Å²) in [5.41, 5.74) is -0.711. The molecule has 1 aliphatic heterocycles. The van der Waals surface area contributed by atoms with Gasteiger partial charge >= 0.3 is 0 Å². The Bertz CT molecular complexity index is 858. The molecule has 2 heterocycles. The van der Waals surface area contributed by atoms with Crippen LogP contribution in [-0.2, 0) is 16.6 Å². The fourth-order valence-corrected chi connectivity index (χ4v) is 5.33. The van der Waals surface area contributed by atoms with Crippen LogP contribution in [0, 0.1) is 6.92 Å². The number of hydrogen-bond donors (Lipinski definition) is 2. The van der Waals surface area contributed by atoms with E-state index in [0.717, 1.165) is 14.9 Å². The Morgan fingerprint density at radius 2 is 2.08 bits per heavy atom. The standard InChI is InChI=1S/C16H22N4O4S2/c1-12-14(25-18-17-12)8-19(2)10-16(22)11-20(9-15(16)21)26(23,24)13-6-4-3-5-7-13/h3-7,15,21-22H,8-11H2,1-2H3/t15-,16+/m1/s1. The van der Waals surface area contributed by atoms with Crippen molar-refractivity contribution in [3.05, 3.63) is 40.9 Å². The first-order chi connectivity index (χ1) is 12.2. The summed E-state index contributed by atoms with van der Waals surface area (Å²) in [5, 5.41) is 25.2. The largest absolute Gasteiger partial charge is 0.389 e. The maximum Gasteiger partial charge on any atom is 0.243 e. The van der Waals surface area contributed by atoms with E-state index in [9.17, 15) is 18.6 Å². The van der Waals surface area contributed by atoms with Gasteiger partial charge in [0.2, 0.25) is 10.0 Å². The summed E-state index contributed by atoms with van der Waals surface area (Å²) in [6.07, 6.45) is -1.16. The number of benzene rings is 1. The van der Waals surface area contributed by atoms with Gasteiger partial charge in [0, 0.05) is 26.2 Å². The molecule has 1 aromatic heterocycles. The van der Waals surface area contributed by atoms with E-state index in [4.69, 9.17) is 0 Å². The van der Waals surface area contributed by atoms with Gasteiger partial charge in [-0.15, -0.1) is 5.10 Å². The van der Waals surface area contributed by atoms with Crippen LogP contribution >= 0.6 is 11.5 Å². The maximum absolute atomic E-state index is 12.7. The first-order valence-electron chi connectivity index (χ1n) is 8.14. The second-order valence-corrected chi connectivity index (χ2v) is 9.46. The molecule has 1 aromatic carbocycles. The number of β-amino-alcohol motifs (C(OH)–C–C–N with tert-alkyl or cyclic N) is 2. The average molecular weight is 399 g/mol. The lowest BCUT2D eigenvalue weighted by atomic mass is 10.00. The molecule has 3 rings (SSSR count). The van der Waals surface area contributed by atoms with E-state index in [2.05, 4.69) is 9.59 Å². The summed E-state index contributed by atoms with van der Waals surface area (Å²) >= 11 is 1.28. The number of aliphatic hydroxyl groups is 2. The summed E-state index contributed by atoms with van der Waals surface area (Å²) in [7, 11) is -1.95. The first-order valence-corrected chi connectivity index (χ1v) is 10.4. The molecule has 10 heteroatoms. The molecule has 0 amide bonds. The second kappa shape index (κ2) is 7.29. The zero-order valence-corrected chi connectivity index (χ0v) is 16.2. The van der Waals surface area contributed by atoms with Gasteiger partial charge in [-0.3, -0.25) is 4.90 Å². The van der Waals surface area contributed by atoms with E-state index in [1.807, 2.05) is 11.8 Å². The monoisotopic (exact) mass is 398 g/mol. The van der Waals surface area contributed by atoms with Crippen LogP contribution in [0.15, 0.2) is 35.2 Å². The van der Waals surface area contributed by atoms with Crippen molar-refractivity contribution in [1.82, 2.24) is 18.8 Å². The third-order valence-corrected chi connectivity index (χ3v) is 7.16. The molecular formula is C16H22N4O4S2. The normalized spacial score (nSPS) is 24.4.